The maximum atomic E-state index is 13.9. The molecule has 1 aliphatic rings. The van der Waals surface area contributed by atoms with Gasteiger partial charge in [-0.25, -0.2) is 12.8 Å². The molecule has 26 heavy (non-hydrogen) atoms. The number of amides is 1. The zero-order valence-corrected chi connectivity index (χ0v) is 15.5. The van der Waals surface area contributed by atoms with Crippen molar-refractivity contribution >= 4 is 27.7 Å². The molecule has 0 spiro atoms. The number of hydrogen-bond acceptors (Lipinski definition) is 5. The minimum Gasteiger partial charge on any atom is -0.345 e. The van der Waals surface area contributed by atoms with E-state index in [1.54, 1.807) is 6.07 Å². The molecule has 0 radical (unpaired) electrons. The van der Waals surface area contributed by atoms with Crippen molar-refractivity contribution in [3.8, 4) is 0 Å². The molecule has 1 amide bonds. The van der Waals surface area contributed by atoms with Crippen molar-refractivity contribution in [1.82, 2.24) is 10.2 Å². The van der Waals surface area contributed by atoms with Gasteiger partial charge in [0.25, 0.3) is 15.9 Å². The maximum absolute atomic E-state index is 13.9. The fraction of sp³-hybridized carbons (Fsp3) is 0.235. The molecular formula is C17H17FN2O4S2. The van der Waals surface area contributed by atoms with Crippen LogP contribution in [0.3, 0.4) is 0 Å². The van der Waals surface area contributed by atoms with Crippen LogP contribution in [0.15, 0.2) is 52.3 Å². The second-order valence-corrected chi connectivity index (χ2v) is 8.39. The van der Waals surface area contributed by atoms with Crippen LogP contribution in [-0.2, 0) is 14.9 Å². The van der Waals surface area contributed by atoms with E-state index in [0.29, 0.717) is 22.6 Å². The van der Waals surface area contributed by atoms with Gasteiger partial charge in [0.2, 0.25) is 0 Å². The van der Waals surface area contributed by atoms with Gasteiger partial charge in [0.05, 0.1) is 18.0 Å². The van der Waals surface area contributed by atoms with Crippen LogP contribution < -0.4 is 10.2 Å². The lowest BCUT2D eigenvalue weighted by molar-refractivity contribution is 0.0934. The Morgan fingerprint density at radius 2 is 1.96 bits per heavy atom. The van der Waals surface area contributed by atoms with Crippen LogP contribution in [0, 0.1) is 5.82 Å². The van der Waals surface area contributed by atoms with E-state index in [-0.39, 0.29) is 22.7 Å². The maximum Gasteiger partial charge on any atom is 0.262 e. The van der Waals surface area contributed by atoms with Gasteiger partial charge in [-0.05, 0) is 42.3 Å². The summed E-state index contributed by atoms with van der Waals surface area (Å²) in [4.78, 5) is 19.4. The number of benzene rings is 2. The van der Waals surface area contributed by atoms with E-state index in [0.717, 1.165) is 5.56 Å². The average molecular weight is 396 g/mol. The lowest BCUT2D eigenvalue weighted by atomic mass is 10.0. The first-order valence-electron chi connectivity index (χ1n) is 7.79. The second-order valence-electron chi connectivity index (χ2n) is 5.64. The zero-order chi connectivity index (χ0) is 18.7. The Hall–Kier alpha value is -1.94. The highest BCUT2D eigenvalue weighted by Gasteiger charge is 2.25. The topological polar surface area (TPSA) is 84.5 Å². The van der Waals surface area contributed by atoms with Gasteiger partial charge in [-0.2, -0.15) is 0 Å². The SMILES string of the molecule is CONS(=O)(=O)c1ccc(C(=O)N[C@H]2CCSc3c(F)cccc32)cc1. The predicted octanol–water partition coefficient (Wildman–Crippen LogP) is 2.63. The number of sulfonamides is 1. The summed E-state index contributed by atoms with van der Waals surface area (Å²) in [6, 6.07) is 10.0. The highest BCUT2D eigenvalue weighted by molar-refractivity contribution is 7.99. The van der Waals surface area contributed by atoms with E-state index in [2.05, 4.69) is 10.2 Å². The van der Waals surface area contributed by atoms with Crippen molar-refractivity contribution in [2.45, 2.75) is 22.3 Å². The molecule has 0 fully saturated rings. The summed E-state index contributed by atoms with van der Waals surface area (Å²) in [5, 5.41) is 2.89. The molecule has 1 aliphatic heterocycles. The summed E-state index contributed by atoms with van der Waals surface area (Å²) in [6.07, 6.45) is 0.692. The Bertz CT molecular complexity index is 917. The Balaban J connectivity index is 1.77. The smallest absolute Gasteiger partial charge is 0.262 e. The van der Waals surface area contributed by atoms with E-state index in [1.807, 2.05) is 11.0 Å². The van der Waals surface area contributed by atoms with Gasteiger partial charge in [-0.1, -0.05) is 17.0 Å². The van der Waals surface area contributed by atoms with Gasteiger partial charge in [-0.3, -0.25) is 9.63 Å². The molecule has 0 bridgehead atoms. The van der Waals surface area contributed by atoms with Crippen molar-refractivity contribution in [3.05, 3.63) is 59.4 Å². The summed E-state index contributed by atoms with van der Waals surface area (Å²) in [6.45, 7) is 0. The molecule has 2 aromatic rings. The zero-order valence-electron chi connectivity index (χ0n) is 13.9. The molecule has 1 heterocycles. The molecule has 0 saturated heterocycles. The minimum absolute atomic E-state index is 0.0163. The third-order valence-corrected chi connectivity index (χ3v) is 6.39. The van der Waals surface area contributed by atoms with Crippen LogP contribution in [0.1, 0.15) is 28.4 Å². The normalized spacial score (nSPS) is 16.8. The standard InChI is InChI=1S/C17H17FN2O4S2/c1-24-20-26(22,23)12-7-5-11(6-8-12)17(21)19-15-9-10-25-16-13(15)3-2-4-14(16)18/h2-8,15,20H,9-10H2,1H3,(H,19,21)/t15-/m0/s1. The molecular weight excluding hydrogens is 379 g/mol. The van der Waals surface area contributed by atoms with Crippen LogP contribution in [0.5, 0.6) is 0 Å². The Morgan fingerprint density at radius 1 is 1.23 bits per heavy atom. The van der Waals surface area contributed by atoms with E-state index in [4.69, 9.17) is 0 Å². The minimum atomic E-state index is -3.77. The van der Waals surface area contributed by atoms with Crippen molar-refractivity contribution in [2.24, 2.45) is 0 Å². The predicted molar refractivity (Wildman–Crippen MR) is 95.7 cm³/mol. The molecule has 138 valence electrons. The van der Waals surface area contributed by atoms with E-state index >= 15 is 0 Å². The molecule has 2 aromatic carbocycles. The van der Waals surface area contributed by atoms with Crippen molar-refractivity contribution < 1.29 is 22.4 Å². The number of hydrogen-bond donors (Lipinski definition) is 2. The van der Waals surface area contributed by atoms with Crippen LogP contribution in [-0.4, -0.2) is 27.2 Å². The number of nitrogens with one attached hydrogen (secondary N) is 2. The largest absolute Gasteiger partial charge is 0.345 e. The van der Waals surface area contributed by atoms with Crippen LogP contribution in [0.4, 0.5) is 4.39 Å². The molecule has 3 rings (SSSR count). The third kappa shape index (κ3) is 3.90. The quantitative estimate of drug-likeness (QED) is 0.759. The van der Waals surface area contributed by atoms with Crippen LogP contribution in [0.25, 0.3) is 0 Å². The van der Waals surface area contributed by atoms with Gasteiger partial charge < -0.3 is 5.32 Å². The molecule has 9 heteroatoms. The van der Waals surface area contributed by atoms with Crippen LogP contribution in [0.2, 0.25) is 0 Å². The fourth-order valence-corrected chi connectivity index (χ4v) is 4.67. The highest BCUT2D eigenvalue weighted by atomic mass is 32.2. The molecule has 0 saturated carbocycles. The third-order valence-electron chi connectivity index (χ3n) is 3.95. The lowest BCUT2D eigenvalue weighted by Gasteiger charge is -2.26. The first kappa shape index (κ1) is 18.8. The van der Waals surface area contributed by atoms with Gasteiger partial charge >= 0.3 is 0 Å². The fourth-order valence-electron chi connectivity index (χ4n) is 2.72. The van der Waals surface area contributed by atoms with E-state index < -0.39 is 10.0 Å². The summed E-state index contributed by atoms with van der Waals surface area (Å²) >= 11 is 1.44. The Kier molecular flexibility index (Phi) is 5.61. The number of rotatable bonds is 5. The van der Waals surface area contributed by atoms with Crippen molar-refractivity contribution in [2.75, 3.05) is 12.9 Å². The molecule has 0 aromatic heterocycles. The Morgan fingerprint density at radius 3 is 2.65 bits per heavy atom. The first-order valence-corrected chi connectivity index (χ1v) is 10.3. The van der Waals surface area contributed by atoms with Crippen molar-refractivity contribution in [1.29, 1.82) is 0 Å². The van der Waals surface area contributed by atoms with Crippen molar-refractivity contribution in [3.63, 3.8) is 0 Å². The van der Waals surface area contributed by atoms with Crippen LogP contribution >= 0.6 is 11.8 Å². The number of fused-ring (bicyclic) bond motifs is 1. The lowest BCUT2D eigenvalue weighted by Crippen LogP contribution is -2.31. The number of carbonyl (C=O) groups is 1. The number of carbonyl (C=O) groups excluding carboxylic acids is 1. The monoisotopic (exact) mass is 396 g/mol. The Labute approximate surface area is 155 Å². The number of thioether (sulfide) groups is 1. The van der Waals surface area contributed by atoms with Gasteiger partial charge in [0.15, 0.2) is 0 Å². The highest BCUT2D eigenvalue weighted by Crippen LogP contribution is 2.37. The van der Waals surface area contributed by atoms with E-state index in [1.165, 1.54) is 49.2 Å². The average Bonchev–Trinajstić information content (AvgIpc) is 2.63. The summed E-state index contributed by atoms with van der Waals surface area (Å²) in [5.41, 5.74) is 1.08. The van der Waals surface area contributed by atoms with Gasteiger partial charge in [0, 0.05) is 16.2 Å². The molecule has 0 unspecified atom stereocenters. The second kappa shape index (κ2) is 7.75. The van der Waals surface area contributed by atoms with Gasteiger partial charge in [0.1, 0.15) is 5.82 Å². The molecule has 0 aliphatic carbocycles. The van der Waals surface area contributed by atoms with Gasteiger partial charge in [-0.15, -0.1) is 11.8 Å². The first-order chi connectivity index (χ1) is 12.4. The summed E-state index contributed by atoms with van der Waals surface area (Å²) < 4.78 is 37.6. The van der Waals surface area contributed by atoms with E-state index in [9.17, 15) is 17.6 Å². The molecule has 6 nitrogen and oxygen atoms in total. The molecule has 1 atom stereocenters. The summed E-state index contributed by atoms with van der Waals surface area (Å²) in [5.74, 6) is 0.0751. The molecule has 2 N–H and O–H groups in total. The number of halogens is 1. The summed E-state index contributed by atoms with van der Waals surface area (Å²) in [7, 11) is -2.58.